The van der Waals surface area contributed by atoms with Crippen LogP contribution in [-0.4, -0.2) is 32.4 Å². The van der Waals surface area contributed by atoms with Crippen LogP contribution in [0.3, 0.4) is 0 Å². The minimum absolute atomic E-state index is 0.0741. The third-order valence-electron chi connectivity index (χ3n) is 2.40. The Hall–Kier alpha value is -3.02. The molecule has 3 N–H and O–H groups in total. The van der Waals surface area contributed by atoms with Crippen LogP contribution in [0.1, 0.15) is 20.7 Å². The van der Waals surface area contributed by atoms with E-state index in [0.29, 0.717) is 5.69 Å². The third kappa shape index (κ3) is 5.54. The molecule has 0 fully saturated rings. The van der Waals surface area contributed by atoms with Gasteiger partial charge in [0.15, 0.2) is 0 Å². The molecule has 0 aliphatic heterocycles. The van der Waals surface area contributed by atoms with Gasteiger partial charge in [-0.3, -0.25) is 0 Å². The van der Waals surface area contributed by atoms with Crippen LogP contribution in [-0.2, 0) is 0 Å². The number of carboxylic acid groups (broad SMARTS) is 2. The predicted octanol–water partition coefficient (Wildman–Crippen LogP) is 3.21. The Bertz CT molecular complexity index is 683. The lowest BCUT2D eigenvalue weighted by Gasteiger charge is -1.92. The van der Waals surface area contributed by atoms with Gasteiger partial charge in [0.05, 0.1) is 22.0 Å². The van der Waals surface area contributed by atoms with Crippen molar-refractivity contribution in [2.24, 2.45) is 4.99 Å². The molecule has 0 radical (unpaired) electrons. The third-order valence-corrected chi connectivity index (χ3v) is 2.49. The number of hydrogen-bond acceptors (Lipinski definition) is 5. The quantitative estimate of drug-likeness (QED) is 0.592. The number of phenolic OH excluding ortho intramolecular Hbond substituents is 1. The van der Waals surface area contributed by atoms with Crippen molar-refractivity contribution in [3.8, 4) is 5.75 Å². The van der Waals surface area contributed by atoms with Crippen LogP contribution in [0.2, 0.25) is 0 Å². The highest BCUT2D eigenvalue weighted by Gasteiger charge is 2.00. The zero-order valence-electron chi connectivity index (χ0n) is 11.1. The fourth-order valence-corrected chi connectivity index (χ4v) is 1.44. The Labute approximate surface area is 131 Å². The largest absolute Gasteiger partial charge is 0.508 e. The van der Waals surface area contributed by atoms with E-state index in [1.165, 1.54) is 36.4 Å². The molecule has 0 spiro atoms. The van der Waals surface area contributed by atoms with Gasteiger partial charge in [-0.05, 0) is 60.7 Å². The van der Waals surface area contributed by atoms with Crippen LogP contribution >= 0.6 is 12.2 Å². The van der Waals surface area contributed by atoms with Gasteiger partial charge in [0.2, 0.25) is 0 Å². The van der Waals surface area contributed by atoms with E-state index >= 15 is 0 Å². The number of aromatic hydroxyl groups is 1. The molecule has 0 bridgehead atoms. The van der Waals surface area contributed by atoms with Crippen molar-refractivity contribution in [1.82, 2.24) is 0 Å². The van der Waals surface area contributed by atoms with E-state index in [-0.39, 0.29) is 16.9 Å². The number of thiocarbonyl (C=S) groups is 1. The molecule has 0 aromatic heterocycles. The van der Waals surface area contributed by atoms with Crippen LogP contribution in [0.15, 0.2) is 53.5 Å². The van der Waals surface area contributed by atoms with E-state index in [2.05, 4.69) is 22.4 Å². The molecule has 2 aromatic rings. The average molecular weight is 317 g/mol. The van der Waals surface area contributed by atoms with Crippen molar-refractivity contribution in [3.05, 3.63) is 59.7 Å². The molecule has 0 aliphatic carbocycles. The Kier molecular flexibility index (Phi) is 6.43. The molecular weight excluding hydrogens is 306 g/mol. The summed E-state index contributed by atoms with van der Waals surface area (Å²) in [4.78, 5) is 24.3. The van der Waals surface area contributed by atoms with E-state index < -0.39 is 11.9 Å². The first kappa shape index (κ1) is 17.0. The molecule has 0 amide bonds. The van der Waals surface area contributed by atoms with Crippen molar-refractivity contribution in [2.75, 3.05) is 0 Å². The predicted molar refractivity (Wildman–Crippen MR) is 83.2 cm³/mol. The molecule has 0 heterocycles. The Balaban J connectivity index is 0.000000224. The first-order valence-electron chi connectivity index (χ1n) is 5.87. The number of hydrogen-bond donors (Lipinski definition) is 3. The summed E-state index contributed by atoms with van der Waals surface area (Å²) in [6, 6.07) is 11.4. The molecule has 0 saturated carbocycles. The van der Waals surface area contributed by atoms with Gasteiger partial charge in [-0.25, -0.2) is 9.59 Å². The summed E-state index contributed by atoms with van der Waals surface area (Å²) >= 11 is 4.39. The van der Waals surface area contributed by atoms with Gasteiger partial charge in [0.1, 0.15) is 5.75 Å². The molecule has 2 rings (SSSR count). The first-order chi connectivity index (χ1) is 10.4. The molecule has 7 heteroatoms. The number of carboxylic acids is 2. The summed E-state index contributed by atoms with van der Waals surface area (Å²) in [5.74, 6) is -1.86. The fourth-order valence-electron chi connectivity index (χ4n) is 1.34. The summed E-state index contributed by atoms with van der Waals surface area (Å²) < 4.78 is 0. The minimum atomic E-state index is -0.986. The topological polar surface area (TPSA) is 107 Å². The maximum absolute atomic E-state index is 10.4. The van der Waals surface area contributed by atoms with Crippen molar-refractivity contribution in [2.45, 2.75) is 0 Å². The first-order valence-corrected chi connectivity index (χ1v) is 6.28. The zero-order chi connectivity index (χ0) is 16.5. The van der Waals surface area contributed by atoms with Gasteiger partial charge in [-0.1, -0.05) is 0 Å². The molecule has 0 atom stereocenters. The van der Waals surface area contributed by atoms with Crippen LogP contribution in [0.4, 0.5) is 5.69 Å². The molecule has 22 heavy (non-hydrogen) atoms. The molecule has 0 unspecified atom stereocenters. The van der Waals surface area contributed by atoms with Crippen molar-refractivity contribution in [1.29, 1.82) is 0 Å². The molecule has 2 aromatic carbocycles. The number of aliphatic imine (C=N–C) groups is 1. The number of phenols is 1. The van der Waals surface area contributed by atoms with Crippen LogP contribution in [0.25, 0.3) is 0 Å². The van der Waals surface area contributed by atoms with E-state index in [9.17, 15) is 9.59 Å². The smallest absolute Gasteiger partial charge is 0.335 e. The average Bonchev–Trinajstić information content (AvgIpc) is 2.49. The SMILES string of the molecule is O=C(O)c1ccc(N=C=S)cc1.O=C(O)c1ccc(O)cc1. The lowest BCUT2D eigenvalue weighted by molar-refractivity contribution is 0.0686. The second-order valence-corrected chi connectivity index (χ2v) is 4.09. The second kappa shape index (κ2) is 8.31. The summed E-state index contributed by atoms with van der Waals surface area (Å²) in [5, 5.41) is 27.9. The fraction of sp³-hybridized carbons (Fsp3) is 0. The number of rotatable bonds is 3. The minimum Gasteiger partial charge on any atom is -0.508 e. The van der Waals surface area contributed by atoms with Crippen LogP contribution < -0.4 is 0 Å². The summed E-state index contributed by atoms with van der Waals surface area (Å²) in [7, 11) is 0. The summed E-state index contributed by atoms with van der Waals surface area (Å²) in [6.45, 7) is 0. The van der Waals surface area contributed by atoms with E-state index in [1.54, 1.807) is 12.1 Å². The maximum atomic E-state index is 10.4. The van der Waals surface area contributed by atoms with Gasteiger partial charge >= 0.3 is 11.9 Å². The number of benzene rings is 2. The lowest BCUT2D eigenvalue weighted by atomic mass is 10.2. The lowest BCUT2D eigenvalue weighted by Crippen LogP contribution is -1.93. The Morgan fingerprint density at radius 1 is 0.864 bits per heavy atom. The van der Waals surface area contributed by atoms with Gasteiger partial charge < -0.3 is 15.3 Å². The second-order valence-electron chi connectivity index (χ2n) is 3.91. The molecular formula is C15H11NO5S. The van der Waals surface area contributed by atoms with Crippen molar-refractivity contribution < 1.29 is 24.9 Å². The highest BCUT2D eigenvalue weighted by Crippen LogP contribution is 2.11. The van der Waals surface area contributed by atoms with Gasteiger partial charge in [-0.15, -0.1) is 0 Å². The number of nitrogens with zero attached hydrogens (tertiary/aromatic N) is 1. The highest BCUT2D eigenvalue weighted by atomic mass is 32.1. The van der Waals surface area contributed by atoms with Crippen LogP contribution in [0, 0.1) is 0 Å². The van der Waals surface area contributed by atoms with E-state index in [1.807, 2.05) is 0 Å². The van der Waals surface area contributed by atoms with E-state index in [0.717, 1.165) is 0 Å². The number of isothiocyanates is 1. The number of carbonyl (C=O) groups is 2. The molecule has 0 saturated heterocycles. The van der Waals surface area contributed by atoms with E-state index in [4.69, 9.17) is 15.3 Å². The Morgan fingerprint density at radius 3 is 1.64 bits per heavy atom. The maximum Gasteiger partial charge on any atom is 0.335 e. The Morgan fingerprint density at radius 2 is 1.27 bits per heavy atom. The van der Waals surface area contributed by atoms with Gasteiger partial charge in [0, 0.05) is 0 Å². The van der Waals surface area contributed by atoms with Crippen molar-refractivity contribution >= 4 is 35.0 Å². The monoisotopic (exact) mass is 317 g/mol. The zero-order valence-corrected chi connectivity index (χ0v) is 11.9. The van der Waals surface area contributed by atoms with Crippen LogP contribution in [0.5, 0.6) is 5.75 Å². The number of aromatic carboxylic acids is 2. The normalized spacial score (nSPS) is 8.91. The molecule has 112 valence electrons. The summed E-state index contributed by atoms with van der Waals surface area (Å²) in [5.41, 5.74) is 1.02. The van der Waals surface area contributed by atoms with Gasteiger partial charge in [-0.2, -0.15) is 4.99 Å². The van der Waals surface area contributed by atoms with Crippen molar-refractivity contribution in [3.63, 3.8) is 0 Å². The van der Waals surface area contributed by atoms with Gasteiger partial charge in [0.25, 0.3) is 0 Å². The summed E-state index contributed by atoms with van der Waals surface area (Å²) in [6.07, 6.45) is 0. The highest BCUT2D eigenvalue weighted by molar-refractivity contribution is 7.78. The standard InChI is InChI=1S/C8H5NO2S.C7H6O3/c10-8(11)6-1-3-7(4-2-6)9-5-12;8-6-3-1-5(2-4-6)7(9)10/h1-4H,(H,10,11);1-4,8H,(H,9,10). The molecule has 0 aliphatic rings. The molecule has 6 nitrogen and oxygen atoms in total.